The van der Waals surface area contributed by atoms with Crippen LogP contribution in [0.25, 0.3) is 0 Å². The summed E-state index contributed by atoms with van der Waals surface area (Å²) in [7, 11) is 2.03. The van der Waals surface area contributed by atoms with Gasteiger partial charge in [0.2, 0.25) is 0 Å². The van der Waals surface area contributed by atoms with Crippen molar-refractivity contribution in [1.29, 1.82) is 0 Å². The lowest BCUT2D eigenvalue weighted by Crippen LogP contribution is -2.36. The zero-order valence-electron chi connectivity index (χ0n) is 26.4. The average Bonchev–Trinajstić information content (AvgIpc) is 3.32. The number of hydrogen-bond acceptors (Lipinski definition) is 5. The summed E-state index contributed by atoms with van der Waals surface area (Å²) in [6.45, 7) is 7.49. The van der Waals surface area contributed by atoms with Gasteiger partial charge in [-0.2, -0.15) is 31.4 Å². The molecule has 14 heteroatoms. The highest BCUT2D eigenvalue weighted by atomic mass is 19.4. The molecule has 1 aliphatic carbocycles. The minimum atomic E-state index is -4.96. The van der Waals surface area contributed by atoms with Crippen LogP contribution < -0.4 is 15.5 Å². The van der Waals surface area contributed by atoms with Crippen LogP contribution in [0.1, 0.15) is 66.2 Å². The molecule has 1 saturated carbocycles. The number of para-hydroxylation sites is 1. The number of nitrogens with one attached hydrogen (secondary N) is 2. The number of fused-ring (bicyclic) bond motifs is 1. The second-order valence-electron chi connectivity index (χ2n) is 11.5. The molecule has 2 N–H and O–H groups in total. The lowest BCUT2D eigenvalue weighted by molar-refractivity contribution is -0.158. The maximum Gasteiger partial charge on any atom is 0.416 e. The Labute approximate surface area is 270 Å². The molecule has 0 saturated heterocycles. The number of benzene rings is 2. The third-order valence-electron chi connectivity index (χ3n) is 7.67. The number of amides is 2. The number of nitrogens with zero attached hydrogens (tertiary/aromatic N) is 4. The molecule has 8 nitrogen and oxygen atoms in total. The van der Waals surface area contributed by atoms with Crippen molar-refractivity contribution in [2.75, 3.05) is 31.6 Å². The lowest BCUT2D eigenvalue weighted by atomic mass is 9.76. The number of carbonyl (C=O) groups is 2. The van der Waals surface area contributed by atoms with E-state index in [9.17, 15) is 35.9 Å². The van der Waals surface area contributed by atoms with E-state index < -0.39 is 53.4 Å². The van der Waals surface area contributed by atoms with Crippen LogP contribution in [-0.2, 0) is 17.5 Å². The molecule has 47 heavy (non-hydrogen) atoms. The fraction of sp³-hybridized carbons (Fsp3) is 0.455. The van der Waals surface area contributed by atoms with Crippen LogP contribution in [0.5, 0.6) is 0 Å². The minimum Gasteiger partial charge on any atom is -0.364 e. The predicted octanol–water partition coefficient (Wildman–Crippen LogP) is 6.20. The first-order valence-corrected chi connectivity index (χ1v) is 15.0. The first-order valence-electron chi connectivity index (χ1n) is 15.0. The number of alkyl halides is 6. The molecule has 1 unspecified atom stereocenters. The van der Waals surface area contributed by atoms with Crippen molar-refractivity contribution < 1.29 is 35.9 Å². The second-order valence-corrected chi connectivity index (χ2v) is 11.5. The van der Waals surface area contributed by atoms with E-state index in [-0.39, 0.29) is 25.1 Å². The van der Waals surface area contributed by atoms with Crippen LogP contribution in [0.2, 0.25) is 0 Å². The van der Waals surface area contributed by atoms with Gasteiger partial charge >= 0.3 is 12.4 Å². The molecule has 0 radical (unpaired) electrons. The number of carbonyl (C=O) groups excluding carboxylic acids is 2. The topological polar surface area (TPSA) is 89.4 Å². The van der Waals surface area contributed by atoms with Gasteiger partial charge in [-0.3, -0.25) is 9.59 Å². The summed E-state index contributed by atoms with van der Waals surface area (Å²) in [5, 5.41) is 11.7. The SMILES string of the molecule is C=N/N=C\N(C)CC1CC(C)C1.CC#CC(=O)NCCCNC(c1cc2c(c(C(F)(F)F)c1)CN(c1ccccc1)C2=O)C(F)(F)F. The van der Waals surface area contributed by atoms with E-state index in [1.54, 1.807) is 24.5 Å². The molecule has 254 valence electrons. The Morgan fingerprint density at radius 3 is 2.40 bits per heavy atom. The lowest BCUT2D eigenvalue weighted by Gasteiger charge is -2.34. The molecule has 1 atom stereocenters. The number of rotatable bonds is 11. The van der Waals surface area contributed by atoms with Crippen molar-refractivity contribution in [3.63, 3.8) is 0 Å². The first-order chi connectivity index (χ1) is 22.1. The smallest absolute Gasteiger partial charge is 0.364 e. The largest absolute Gasteiger partial charge is 0.416 e. The molecule has 1 fully saturated rings. The zero-order valence-corrected chi connectivity index (χ0v) is 26.4. The Morgan fingerprint density at radius 2 is 1.83 bits per heavy atom. The highest BCUT2D eigenvalue weighted by molar-refractivity contribution is 6.10. The average molecular weight is 665 g/mol. The van der Waals surface area contributed by atoms with Crippen LogP contribution in [0.3, 0.4) is 0 Å². The minimum absolute atomic E-state index is 0.0214. The summed E-state index contributed by atoms with van der Waals surface area (Å²) in [4.78, 5) is 27.4. The quantitative estimate of drug-likeness (QED) is 0.0749. The van der Waals surface area contributed by atoms with E-state index in [0.717, 1.165) is 29.3 Å². The van der Waals surface area contributed by atoms with E-state index in [4.69, 9.17) is 0 Å². The van der Waals surface area contributed by atoms with Gasteiger partial charge in [0.25, 0.3) is 11.8 Å². The molecule has 4 rings (SSSR count). The summed E-state index contributed by atoms with van der Waals surface area (Å²) in [5.41, 5.74) is -2.44. The summed E-state index contributed by atoms with van der Waals surface area (Å²) in [5.74, 6) is 4.99. The normalized spacial score (nSPS) is 17.9. The van der Waals surface area contributed by atoms with Crippen molar-refractivity contribution in [3.8, 4) is 11.8 Å². The molecule has 0 bridgehead atoms. The third kappa shape index (κ3) is 10.6. The van der Waals surface area contributed by atoms with Crippen LogP contribution >= 0.6 is 0 Å². The molecule has 1 aliphatic heterocycles. The van der Waals surface area contributed by atoms with E-state index in [0.29, 0.717) is 11.8 Å². The summed E-state index contributed by atoms with van der Waals surface area (Å²) >= 11 is 0. The van der Waals surface area contributed by atoms with Gasteiger partial charge in [0, 0.05) is 38.1 Å². The number of halogens is 6. The number of anilines is 1. The van der Waals surface area contributed by atoms with Crippen molar-refractivity contribution in [2.24, 2.45) is 22.0 Å². The maximum absolute atomic E-state index is 13.8. The van der Waals surface area contributed by atoms with Crippen molar-refractivity contribution in [1.82, 2.24) is 15.5 Å². The van der Waals surface area contributed by atoms with Crippen molar-refractivity contribution >= 4 is 30.6 Å². The standard InChI is InChI=1S/C24H21F6N3O2.C9H17N3/c1-2-7-20(34)31-10-6-11-32-21(24(28,29)30)15-12-17-18(19(13-15)23(25,26)27)14-33(22(17)35)16-8-4-3-5-9-16;1-8-4-9(5-8)6-12(3)7-11-10-2/h3-5,8-9,12-13,21,32H,6,10-11,14H2,1H3,(H,31,34);7-9H,2,4-6H2,1,3H3/b;11-7-. The van der Waals surface area contributed by atoms with Gasteiger partial charge in [0.15, 0.2) is 0 Å². The molecule has 2 aliphatic rings. The van der Waals surface area contributed by atoms with Crippen LogP contribution in [0, 0.1) is 23.7 Å². The van der Waals surface area contributed by atoms with Gasteiger partial charge in [0.1, 0.15) is 12.4 Å². The highest BCUT2D eigenvalue weighted by Crippen LogP contribution is 2.42. The molecule has 0 aromatic heterocycles. The molecule has 2 amide bonds. The van der Waals surface area contributed by atoms with Gasteiger partial charge < -0.3 is 20.4 Å². The molecular formula is C33H38F6N6O2. The van der Waals surface area contributed by atoms with Gasteiger partial charge in [0.05, 0.1) is 12.1 Å². The highest BCUT2D eigenvalue weighted by Gasteiger charge is 2.45. The van der Waals surface area contributed by atoms with Gasteiger partial charge in [-0.05, 0) is 85.9 Å². The molecule has 0 spiro atoms. The first kappa shape index (κ1) is 37.1. The van der Waals surface area contributed by atoms with Crippen molar-refractivity contribution in [2.45, 2.75) is 58.0 Å². The van der Waals surface area contributed by atoms with Crippen molar-refractivity contribution in [3.05, 3.63) is 64.7 Å². The zero-order chi connectivity index (χ0) is 34.8. The van der Waals surface area contributed by atoms with E-state index in [1.807, 2.05) is 7.05 Å². The fourth-order valence-corrected chi connectivity index (χ4v) is 5.58. The van der Waals surface area contributed by atoms with Gasteiger partial charge in [-0.15, -0.1) is 5.10 Å². The summed E-state index contributed by atoms with van der Waals surface area (Å²) < 4.78 is 83.0. The fourth-order valence-electron chi connectivity index (χ4n) is 5.58. The summed E-state index contributed by atoms with van der Waals surface area (Å²) in [6.07, 6.45) is -5.38. The Kier molecular flexibility index (Phi) is 13.0. The Bertz CT molecular complexity index is 1480. The van der Waals surface area contributed by atoms with E-state index in [1.165, 1.54) is 31.9 Å². The molecular weight excluding hydrogens is 626 g/mol. The third-order valence-corrected chi connectivity index (χ3v) is 7.67. The number of hydrogen-bond donors (Lipinski definition) is 2. The van der Waals surface area contributed by atoms with Crippen LogP contribution in [0.4, 0.5) is 32.0 Å². The maximum atomic E-state index is 13.8. The Morgan fingerprint density at radius 1 is 1.15 bits per heavy atom. The predicted molar refractivity (Wildman–Crippen MR) is 169 cm³/mol. The Hall–Kier alpha value is -4.38. The van der Waals surface area contributed by atoms with Gasteiger partial charge in [-0.1, -0.05) is 31.0 Å². The molecule has 2 aromatic carbocycles. The van der Waals surface area contributed by atoms with Crippen LogP contribution in [0.15, 0.2) is 52.7 Å². The molecule has 2 aromatic rings. The van der Waals surface area contributed by atoms with E-state index in [2.05, 4.69) is 51.2 Å². The summed E-state index contributed by atoms with van der Waals surface area (Å²) in [6, 6.07) is 6.80. The Balaban J connectivity index is 0.000000420. The molecule has 1 heterocycles. The van der Waals surface area contributed by atoms with Gasteiger partial charge in [-0.25, -0.2) is 0 Å². The monoisotopic (exact) mass is 664 g/mol. The van der Waals surface area contributed by atoms with E-state index >= 15 is 0 Å². The second kappa shape index (κ2) is 16.4. The van der Waals surface area contributed by atoms with Crippen LogP contribution in [-0.4, -0.2) is 62.6 Å².